The number of nitrogens with one attached hydrogen (secondary N) is 1. The van der Waals surface area contributed by atoms with E-state index in [0.717, 1.165) is 58.4 Å². The van der Waals surface area contributed by atoms with Gasteiger partial charge in [-0.3, -0.25) is 19.1 Å². The predicted molar refractivity (Wildman–Crippen MR) is 96.7 cm³/mol. The van der Waals surface area contributed by atoms with Crippen molar-refractivity contribution in [3.8, 4) is 0 Å². The Morgan fingerprint density at radius 3 is 2.39 bits per heavy atom. The lowest BCUT2D eigenvalue weighted by molar-refractivity contribution is -0.141. The van der Waals surface area contributed by atoms with E-state index in [4.69, 9.17) is 0 Å². The van der Waals surface area contributed by atoms with Crippen molar-refractivity contribution in [2.24, 2.45) is 5.92 Å². The minimum atomic E-state index is -4.60. The summed E-state index contributed by atoms with van der Waals surface area (Å²) in [4.78, 5) is 31.3. The van der Waals surface area contributed by atoms with E-state index in [0.29, 0.717) is 25.6 Å². The van der Waals surface area contributed by atoms with E-state index < -0.39 is 17.4 Å². The van der Waals surface area contributed by atoms with Crippen molar-refractivity contribution < 1.29 is 18.0 Å². The maximum atomic E-state index is 12.6. The number of halogens is 3. The lowest BCUT2D eigenvalue weighted by Crippen LogP contribution is -2.41. The first-order valence-electron chi connectivity index (χ1n) is 9.66. The number of carbonyl (C=O) groups is 1. The van der Waals surface area contributed by atoms with Crippen LogP contribution < -0.4 is 10.9 Å². The highest BCUT2D eigenvalue weighted by Gasteiger charge is 2.33. The van der Waals surface area contributed by atoms with Gasteiger partial charge in [-0.25, -0.2) is 4.98 Å². The molecule has 2 aliphatic heterocycles. The molecule has 0 aromatic carbocycles. The molecule has 1 N–H and O–H groups in total. The summed E-state index contributed by atoms with van der Waals surface area (Å²) in [7, 11) is 0. The molecule has 0 spiro atoms. The van der Waals surface area contributed by atoms with E-state index in [-0.39, 0.29) is 11.8 Å². The fraction of sp³-hybridized carbons (Fsp3) is 0.722. The second-order valence-electron chi connectivity index (χ2n) is 7.49. The van der Waals surface area contributed by atoms with Crippen LogP contribution in [0.5, 0.6) is 0 Å². The second-order valence-corrected chi connectivity index (χ2v) is 7.49. The van der Waals surface area contributed by atoms with Gasteiger partial charge in [-0.15, -0.1) is 0 Å². The minimum Gasteiger partial charge on any atom is -0.355 e. The summed E-state index contributed by atoms with van der Waals surface area (Å²) in [5, 5.41) is 2.87. The molecule has 0 unspecified atom stereocenters. The van der Waals surface area contributed by atoms with Gasteiger partial charge in [0, 0.05) is 51.8 Å². The highest BCUT2D eigenvalue weighted by molar-refractivity contribution is 5.76. The summed E-state index contributed by atoms with van der Waals surface area (Å²) in [6.07, 6.45) is -1.26. The molecule has 156 valence electrons. The summed E-state index contributed by atoms with van der Waals surface area (Å²) in [5.74, 6) is 0.365. The number of amides is 1. The van der Waals surface area contributed by atoms with Gasteiger partial charge in [0.25, 0.3) is 5.56 Å². The quantitative estimate of drug-likeness (QED) is 0.790. The Morgan fingerprint density at radius 1 is 1.07 bits per heavy atom. The molecule has 0 aliphatic carbocycles. The van der Waals surface area contributed by atoms with Crippen molar-refractivity contribution in [1.29, 1.82) is 0 Å². The summed E-state index contributed by atoms with van der Waals surface area (Å²) in [6.45, 7) is 6.40. The Balaban J connectivity index is 1.43. The van der Waals surface area contributed by atoms with Gasteiger partial charge >= 0.3 is 6.18 Å². The van der Waals surface area contributed by atoms with Crippen molar-refractivity contribution in [2.45, 2.75) is 32.0 Å². The van der Waals surface area contributed by atoms with Crippen LogP contribution in [0.3, 0.4) is 0 Å². The first-order valence-corrected chi connectivity index (χ1v) is 9.66. The van der Waals surface area contributed by atoms with Gasteiger partial charge in [0.15, 0.2) is 5.69 Å². The average Bonchev–Trinajstić information content (AvgIpc) is 2.86. The number of likely N-dealkylation sites (tertiary alicyclic amines) is 1. The molecule has 3 heterocycles. The van der Waals surface area contributed by atoms with Crippen molar-refractivity contribution >= 4 is 5.91 Å². The fourth-order valence-corrected chi connectivity index (χ4v) is 3.71. The number of hydrogen-bond donors (Lipinski definition) is 1. The molecule has 2 aliphatic rings. The third-order valence-corrected chi connectivity index (χ3v) is 5.47. The van der Waals surface area contributed by atoms with Gasteiger partial charge in [-0.2, -0.15) is 13.2 Å². The smallest absolute Gasteiger partial charge is 0.355 e. The molecule has 0 saturated carbocycles. The number of rotatable bonds is 5. The number of piperidine rings is 1. The number of alkyl halides is 3. The lowest BCUT2D eigenvalue weighted by Gasteiger charge is -2.33. The van der Waals surface area contributed by atoms with Crippen LogP contribution in [0.15, 0.2) is 17.2 Å². The van der Waals surface area contributed by atoms with E-state index in [1.54, 1.807) is 0 Å². The van der Waals surface area contributed by atoms with E-state index in [2.05, 4.69) is 20.1 Å². The molecular weight excluding hydrogens is 375 g/mol. The van der Waals surface area contributed by atoms with Crippen molar-refractivity contribution in [1.82, 2.24) is 24.7 Å². The molecule has 2 saturated heterocycles. The topological polar surface area (TPSA) is 70.5 Å². The van der Waals surface area contributed by atoms with Crippen LogP contribution in [0.1, 0.15) is 25.0 Å². The van der Waals surface area contributed by atoms with Crippen molar-refractivity contribution in [2.75, 3.05) is 45.8 Å². The fourth-order valence-electron chi connectivity index (χ4n) is 3.71. The zero-order valence-electron chi connectivity index (χ0n) is 15.7. The maximum absolute atomic E-state index is 12.6. The molecule has 1 aromatic rings. The molecule has 7 nitrogen and oxygen atoms in total. The van der Waals surface area contributed by atoms with Gasteiger partial charge in [0.2, 0.25) is 5.91 Å². The Hall–Kier alpha value is -1.94. The standard InChI is InChI=1S/C18H26F3N5O2/c19-18(20,21)15-11-17(28)26(13-23-15)12-14-1-5-24(6-2-14)9-10-25-7-3-16(27)22-4-8-25/h11,13-14H,1-10,12H2,(H,22,27). The van der Waals surface area contributed by atoms with Crippen LogP contribution in [0.4, 0.5) is 13.2 Å². The average molecular weight is 401 g/mol. The molecule has 0 bridgehead atoms. The molecular formula is C18H26F3N5O2. The van der Waals surface area contributed by atoms with Crippen molar-refractivity contribution in [3.05, 3.63) is 28.4 Å². The van der Waals surface area contributed by atoms with Gasteiger partial charge in [-0.1, -0.05) is 0 Å². The first kappa shape index (κ1) is 20.8. The minimum absolute atomic E-state index is 0.108. The monoisotopic (exact) mass is 401 g/mol. The van der Waals surface area contributed by atoms with Gasteiger partial charge in [-0.05, 0) is 31.8 Å². The Morgan fingerprint density at radius 2 is 1.75 bits per heavy atom. The normalized spacial score (nSPS) is 20.8. The number of nitrogens with zero attached hydrogens (tertiary/aromatic N) is 4. The van der Waals surface area contributed by atoms with Crippen LogP contribution in [-0.2, 0) is 17.5 Å². The van der Waals surface area contributed by atoms with Gasteiger partial charge in [0.05, 0.1) is 6.33 Å². The number of aromatic nitrogens is 2. The zero-order valence-corrected chi connectivity index (χ0v) is 15.7. The molecule has 2 fully saturated rings. The summed E-state index contributed by atoms with van der Waals surface area (Å²) in [5.41, 5.74) is -1.80. The molecule has 0 atom stereocenters. The molecule has 10 heteroatoms. The second kappa shape index (κ2) is 9.04. The first-order chi connectivity index (χ1) is 13.3. The van der Waals surface area contributed by atoms with E-state index in [1.165, 1.54) is 4.57 Å². The van der Waals surface area contributed by atoms with E-state index in [9.17, 15) is 22.8 Å². The van der Waals surface area contributed by atoms with Crippen molar-refractivity contribution in [3.63, 3.8) is 0 Å². The predicted octanol–water partition coefficient (Wildman–Crippen LogP) is 0.796. The Kier molecular flexibility index (Phi) is 6.71. The SMILES string of the molecule is O=C1CCN(CCN2CCC(Cn3cnc(C(F)(F)F)cc3=O)CC2)CCN1. The molecule has 1 amide bonds. The van der Waals surface area contributed by atoms with Crippen LogP contribution >= 0.6 is 0 Å². The summed E-state index contributed by atoms with van der Waals surface area (Å²) < 4.78 is 39.1. The third kappa shape index (κ3) is 5.78. The molecule has 28 heavy (non-hydrogen) atoms. The van der Waals surface area contributed by atoms with Gasteiger partial charge in [0.1, 0.15) is 0 Å². The Labute approximate surface area is 161 Å². The lowest BCUT2D eigenvalue weighted by atomic mass is 9.96. The van der Waals surface area contributed by atoms with Crippen LogP contribution in [-0.4, -0.2) is 71.1 Å². The van der Waals surface area contributed by atoms with Crippen LogP contribution in [0.2, 0.25) is 0 Å². The summed E-state index contributed by atoms with van der Waals surface area (Å²) >= 11 is 0. The highest BCUT2D eigenvalue weighted by Crippen LogP contribution is 2.26. The van der Waals surface area contributed by atoms with Crippen LogP contribution in [0, 0.1) is 5.92 Å². The van der Waals surface area contributed by atoms with E-state index in [1.807, 2.05) is 0 Å². The Bertz CT molecular complexity index is 729. The molecule has 1 aromatic heterocycles. The molecule has 3 rings (SSSR count). The number of hydrogen-bond acceptors (Lipinski definition) is 5. The summed E-state index contributed by atoms with van der Waals surface area (Å²) in [6, 6.07) is 0.565. The number of carbonyl (C=O) groups excluding carboxylic acids is 1. The van der Waals surface area contributed by atoms with Crippen LogP contribution in [0.25, 0.3) is 0 Å². The maximum Gasteiger partial charge on any atom is 0.433 e. The van der Waals surface area contributed by atoms with Gasteiger partial charge < -0.3 is 10.2 Å². The third-order valence-electron chi connectivity index (χ3n) is 5.47. The zero-order chi connectivity index (χ0) is 20.1. The largest absolute Gasteiger partial charge is 0.433 e. The van der Waals surface area contributed by atoms with E-state index >= 15 is 0 Å². The highest BCUT2D eigenvalue weighted by atomic mass is 19.4. The molecule has 0 radical (unpaired) electrons.